The van der Waals surface area contributed by atoms with Crippen molar-refractivity contribution in [3.05, 3.63) is 29.6 Å². The average molecular weight is 235 g/mol. The largest absolute Gasteiger partial charge is 0.371 e. The van der Waals surface area contributed by atoms with Gasteiger partial charge in [-0.3, -0.25) is 4.79 Å². The van der Waals surface area contributed by atoms with Crippen LogP contribution in [0, 0.1) is 11.7 Å². The molecule has 17 heavy (non-hydrogen) atoms. The van der Waals surface area contributed by atoms with Crippen LogP contribution in [0.4, 0.5) is 10.1 Å². The maximum atomic E-state index is 13.5. The molecule has 1 saturated carbocycles. The van der Waals surface area contributed by atoms with Crippen LogP contribution in [0.25, 0.3) is 0 Å². The van der Waals surface area contributed by atoms with Gasteiger partial charge in [-0.2, -0.15) is 0 Å². The summed E-state index contributed by atoms with van der Waals surface area (Å²) in [6.45, 7) is 3.78. The van der Waals surface area contributed by atoms with E-state index in [1.165, 1.54) is 25.3 Å². The van der Waals surface area contributed by atoms with E-state index in [0.717, 1.165) is 18.8 Å². The quantitative estimate of drug-likeness (QED) is 0.730. The van der Waals surface area contributed by atoms with Crippen molar-refractivity contribution in [2.45, 2.75) is 26.2 Å². The van der Waals surface area contributed by atoms with Gasteiger partial charge in [-0.25, -0.2) is 4.39 Å². The van der Waals surface area contributed by atoms with Gasteiger partial charge in [0, 0.05) is 13.1 Å². The number of hydrogen-bond acceptors (Lipinski definition) is 2. The lowest BCUT2D eigenvalue weighted by atomic mass is 9.85. The monoisotopic (exact) mass is 235 g/mol. The Balaban J connectivity index is 2.22. The summed E-state index contributed by atoms with van der Waals surface area (Å²) in [5.74, 6) is 0.280. The Hall–Kier alpha value is -1.38. The summed E-state index contributed by atoms with van der Waals surface area (Å²) < 4.78 is 13.5. The molecule has 92 valence electrons. The van der Waals surface area contributed by atoms with Gasteiger partial charge in [0.1, 0.15) is 5.82 Å². The Bertz CT molecular complexity index is 401. The predicted molar refractivity (Wildman–Crippen MR) is 67.0 cm³/mol. The molecular weight excluding hydrogens is 217 g/mol. The molecule has 0 saturated heterocycles. The highest BCUT2D eigenvalue weighted by atomic mass is 19.1. The van der Waals surface area contributed by atoms with Crippen molar-refractivity contribution in [3.63, 3.8) is 0 Å². The fourth-order valence-electron chi connectivity index (χ4n) is 2.30. The molecule has 2 nitrogen and oxygen atoms in total. The molecule has 1 aliphatic carbocycles. The standard InChI is InChI=1S/C14H18FNO/c1-2-16(9-11-5-3-6-11)14-8-4-7-13(15)12(14)10-17/h4,7-8,10-11H,2-3,5-6,9H2,1H3. The molecular formula is C14H18FNO. The summed E-state index contributed by atoms with van der Waals surface area (Å²) in [5, 5.41) is 0. The second-order valence-electron chi connectivity index (χ2n) is 4.63. The number of nitrogens with zero attached hydrogens (tertiary/aromatic N) is 1. The van der Waals surface area contributed by atoms with Gasteiger partial charge in [0.15, 0.2) is 6.29 Å². The highest BCUT2D eigenvalue weighted by Crippen LogP contribution is 2.30. The zero-order valence-corrected chi connectivity index (χ0v) is 10.2. The van der Waals surface area contributed by atoms with Gasteiger partial charge in [-0.1, -0.05) is 12.5 Å². The predicted octanol–water partition coefficient (Wildman–Crippen LogP) is 3.26. The first kappa shape index (κ1) is 12.1. The van der Waals surface area contributed by atoms with Crippen LogP contribution in [0.1, 0.15) is 36.5 Å². The van der Waals surface area contributed by atoms with Crippen molar-refractivity contribution < 1.29 is 9.18 Å². The Morgan fingerprint density at radius 2 is 2.24 bits per heavy atom. The van der Waals surface area contributed by atoms with E-state index in [4.69, 9.17) is 0 Å². The molecule has 0 aliphatic heterocycles. The third-order valence-corrected chi connectivity index (χ3v) is 3.57. The summed E-state index contributed by atoms with van der Waals surface area (Å²) in [6, 6.07) is 4.83. The molecule has 3 heteroatoms. The summed E-state index contributed by atoms with van der Waals surface area (Å²) in [7, 11) is 0. The van der Waals surface area contributed by atoms with E-state index in [1.54, 1.807) is 6.07 Å². The molecule has 0 atom stereocenters. The van der Waals surface area contributed by atoms with Crippen molar-refractivity contribution >= 4 is 12.0 Å². The molecule has 0 bridgehead atoms. The van der Waals surface area contributed by atoms with Gasteiger partial charge in [0.2, 0.25) is 0 Å². The summed E-state index contributed by atoms with van der Waals surface area (Å²) >= 11 is 0. The number of aldehydes is 1. The lowest BCUT2D eigenvalue weighted by Crippen LogP contribution is -2.33. The first-order valence-electron chi connectivity index (χ1n) is 6.25. The second kappa shape index (κ2) is 5.30. The van der Waals surface area contributed by atoms with E-state index >= 15 is 0 Å². The van der Waals surface area contributed by atoms with Crippen LogP contribution in [-0.4, -0.2) is 19.4 Å². The van der Waals surface area contributed by atoms with Crippen LogP contribution < -0.4 is 4.90 Å². The van der Waals surface area contributed by atoms with Crippen LogP contribution in [0.2, 0.25) is 0 Å². The molecule has 1 aromatic carbocycles. The van der Waals surface area contributed by atoms with E-state index in [1.807, 2.05) is 13.0 Å². The molecule has 0 heterocycles. The maximum Gasteiger partial charge on any atom is 0.155 e. The number of benzene rings is 1. The first-order valence-corrected chi connectivity index (χ1v) is 6.25. The minimum absolute atomic E-state index is 0.189. The van der Waals surface area contributed by atoms with Gasteiger partial charge < -0.3 is 4.90 Å². The molecule has 1 fully saturated rings. The molecule has 2 rings (SSSR count). The number of carbonyl (C=O) groups excluding carboxylic acids is 1. The number of carbonyl (C=O) groups is 1. The molecule has 0 amide bonds. The zero-order chi connectivity index (χ0) is 12.3. The molecule has 0 N–H and O–H groups in total. The molecule has 0 radical (unpaired) electrons. The van der Waals surface area contributed by atoms with E-state index in [9.17, 15) is 9.18 Å². The SMILES string of the molecule is CCN(CC1CCC1)c1cccc(F)c1C=O. The second-order valence-corrected chi connectivity index (χ2v) is 4.63. The highest BCUT2D eigenvalue weighted by molar-refractivity contribution is 5.85. The van der Waals surface area contributed by atoms with Crippen molar-refractivity contribution in [2.24, 2.45) is 5.92 Å². The van der Waals surface area contributed by atoms with Crippen molar-refractivity contribution in [3.8, 4) is 0 Å². The molecule has 1 aromatic rings. The maximum absolute atomic E-state index is 13.5. The molecule has 1 aliphatic rings. The van der Waals surface area contributed by atoms with E-state index in [2.05, 4.69) is 4.90 Å². The Kier molecular flexibility index (Phi) is 3.77. The minimum atomic E-state index is -0.426. The van der Waals surface area contributed by atoms with Crippen LogP contribution in [0.5, 0.6) is 0 Å². The third-order valence-electron chi connectivity index (χ3n) is 3.57. The Morgan fingerprint density at radius 1 is 1.47 bits per heavy atom. The molecule has 0 aromatic heterocycles. The van der Waals surface area contributed by atoms with Gasteiger partial charge in [0.25, 0.3) is 0 Å². The summed E-state index contributed by atoms with van der Waals surface area (Å²) in [4.78, 5) is 13.1. The van der Waals surface area contributed by atoms with E-state index in [-0.39, 0.29) is 5.56 Å². The minimum Gasteiger partial charge on any atom is -0.371 e. The zero-order valence-electron chi connectivity index (χ0n) is 10.2. The first-order chi connectivity index (χ1) is 8.26. The van der Waals surface area contributed by atoms with Crippen LogP contribution >= 0.6 is 0 Å². The van der Waals surface area contributed by atoms with Gasteiger partial charge >= 0.3 is 0 Å². The van der Waals surface area contributed by atoms with Crippen molar-refractivity contribution in [2.75, 3.05) is 18.0 Å². The molecule has 0 spiro atoms. The van der Waals surface area contributed by atoms with Gasteiger partial charge in [-0.05, 0) is 37.8 Å². The Morgan fingerprint density at radius 3 is 2.76 bits per heavy atom. The summed E-state index contributed by atoms with van der Waals surface area (Å²) in [5.41, 5.74) is 0.920. The van der Waals surface area contributed by atoms with E-state index in [0.29, 0.717) is 12.2 Å². The van der Waals surface area contributed by atoms with Crippen LogP contribution in [0.15, 0.2) is 18.2 Å². The normalized spacial score (nSPS) is 15.4. The fraction of sp³-hybridized carbons (Fsp3) is 0.500. The Labute approximate surface area is 101 Å². The molecule has 0 unspecified atom stereocenters. The fourth-order valence-corrected chi connectivity index (χ4v) is 2.30. The van der Waals surface area contributed by atoms with Gasteiger partial charge in [0.05, 0.1) is 11.3 Å². The summed E-state index contributed by atoms with van der Waals surface area (Å²) in [6.07, 6.45) is 4.42. The smallest absolute Gasteiger partial charge is 0.155 e. The number of hydrogen-bond donors (Lipinski definition) is 0. The van der Waals surface area contributed by atoms with Crippen molar-refractivity contribution in [1.29, 1.82) is 0 Å². The third kappa shape index (κ3) is 2.48. The van der Waals surface area contributed by atoms with E-state index < -0.39 is 5.82 Å². The lowest BCUT2D eigenvalue weighted by Gasteiger charge is -2.33. The van der Waals surface area contributed by atoms with Crippen LogP contribution in [0.3, 0.4) is 0 Å². The van der Waals surface area contributed by atoms with Gasteiger partial charge in [-0.15, -0.1) is 0 Å². The average Bonchev–Trinajstić information content (AvgIpc) is 2.28. The number of anilines is 1. The highest BCUT2D eigenvalue weighted by Gasteiger charge is 2.22. The van der Waals surface area contributed by atoms with Crippen LogP contribution in [-0.2, 0) is 0 Å². The number of rotatable bonds is 5. The van der Waals surface area contributed by atoms with Crippen molar-refractivity contribution in [1.82, 2.24) is 0 Å². The number of halogens is 1. The lowest BCUT2D eigenvalue weighted by molar-refractivity contribution is 0.112. The topological polar surface area (TPSA) is 20.3 Å².